The van der Waals surface area contributed by atoms with Crippen molar-refractivity contribution in [1.29, 1.82) is 0 Å². The predicted octanol–water partition coefficient (Wildman–Crippen LogP) is 1.72. The minimum Gasteiger partial charge on any atom is -0.389 e. The van der Waals surface area contributed by atoms with E-state index in [1.54, 1.807) is 0 Å². The SMILES string of the molecule is CC(C)C12C=CC(C)(CC1)C(O)C2O. The van der Waals surface area contributed by atoms with Crippen molar-refractivity contribution >= 4 is 0 Å². The monoisotopic (exact) mass is 196 g/mol. The van der Waals surface area contributed by atoms with E-state index in [9.17, 15) is 10.2 Å². The number of fused-ring (bicyclic) bond motifs is 2. The first-order valence-corrected chi connectivity index (χ1v) is 5.49. The standard InChI is InChI=1S/C12H20O2/c1-8(2)12-6-4-11(3,5-7-12)9(13)10(12)14/h4,6,8-10,13-14H,5,7H2,1-3H3. The molecule has 0 spiro atoms. The molecule has 80 valence electrons. The largest absolute Gasteiger partial charge is 0.389 e. The quantitative estimate of drug-likeness (QED) is 0.627. The van der Waals surface area contributed by atoms with Gasteiger partial charge in [-0.05, 0) is 18.8 Å². The maximum Gasteiger partial charge on any atom is 0.0900 e. The lowest BCUT2D eigenvalue weighted by Gasteiger charge is -2.55. The van der Waals surface area contributed by atoms with Gasteiger partial charge in [0.2, 0.25) is 0 Å². The van der Waals surface area contributed by atoms with Gasteiger partial charge in [0.05, 0.1) is 12.2 Å². The first-order chi connectivity index (χ1) is 6.42. The minimum absolute atomic E-state index is 0.183. The van der Waals surface area contributed by atoms with Gasteiger partial charge in [-0.1, -0.05) is 32.9 Å². The Bertz CT molecular complexity index is 271. The first kappa shape index (κ1) is 10.2. The summed E-state index contributed by atoms with van der Waals surface area (Å²) in [5.74, 6) is 0.383. The number of rotatable bonds is 1. The van der Waals surface area contributed by atoms with E-state index >= 15 is 0 Å². The molecule has 3 rings (SSSR count). The molecule has 0 radical (unpaired) electrons. The molecule has 2 bridgehead atoms. The van der Waals surface area contributed by atoms with Gasteiger partial charge in [-0.25, -0.2) is 0 Å². The van der Waals surface area contributed by atoms with Crippen LogP contribution in [0.3, 0.4) is 0 Å². The van der Waals surface area contributed by atoms with Crippen LogP contribution in [0.4, 0.5) is 0 Å². The van der Waals surface area contributed by atoms with E-state index in [2.05, 4.69) is 26.0 Å². The van der Waals surface area contributed by atoms with Crippen LogP contribution < -0.4 is 0 Å². The number of hydrogen-bond acceptors (Lipinski definition) is 2. The van der Waals surface area contributed by atoms with Crippen molar-refractivity contribution in [1.82, 2.24) is 0 Å². The maximum atomic E-state index is 10.2. The third-order valence-electron chi connectivity index (χ3n) is 4.47. The molecular weight excluding hydrogens is 176 g/mol. The molecule has 4 unspecified atom stereocenters. The van der Waals surface area contributed by atoms with Crippen molar-refractivity contribution in [3.05, 3.63) is 12.2 Å². The Morgan fingerprint density at radius 1 is 1.14 bits per heavy atom. The van der Waals surface area contributed by atoms with E-state index < -0.39 is 12.2 Å². The first-order valence-electron chi connectivity index (χ1n) is 5.49. The molecule has 3 aliphatic rings. The fourth-order valence-corrected chi connectivity index (χ4v) is 2.97. The van der Waals surface area contributed by atoms with Crippen LogP contribution in [-0.2, 0) is 0 Å². The van der Waals surface area contributed by atoms with Gasteiger partial charge in [0.25, 0.3) is 0 Å². The summed E-state index contributed by atoms with van der Waals surface area (Å²) in [6.07, 6.45) is 5.04. The summed E-state index contributed by atoms with van der Waals surface area (Å²) in [6.45, 7) is 6.27. The van der Waals surface area contributed by atoms with Crippen LogP contribution in [0.15, 0.2) is 12.2 Å². The predicted molar refractivity (Wildman–Crippen MR) is 55.8 cm³/mol. The molecule has 1 fully saturated rings. The fourth-order valence-electron chi connectivity index (χ4n) is 2.97. The Hall–Kier alpha value is -0.340. The Balaban J connectivity index is 2.43. The van der Waals surface area contributed by atoms with Crippen LogP contribution in [0, 0.1) is 16.7 Å². The molecule has 0 amide bonds. The van der Waals surface area contributed by atoms with Crippen LogP contribution >= 0.6 is 0 Å². The second kappa shape index (κ2) is 2.83. The van der Waals surface area contributed by atoms with Gasteiger partial charge < -0.3 is 10.2 Å². The smallest absolute Gasteiger partial charge is 0.0900 e. The fraction of sp³-hybridized carbons (Fsp3) is 0.833. The topological polar surface area (TPSA) is 40.5 Å². The van der Waals surface area contributed by atoms with Crippen molar-refractivity contribution in [3.8, 4) is 0 Å². The summed E-state index contributed by atoms with van der Waals surface area (Å²) < 4.78 is 0. The van der Waals surface area contributed by atoms with E-state index in [-0.39, 0.29) is 10.8 Å². The summed E-state index contributed by atoms with van der Waals surface area (Å²) in [5, 5.41) is 20.2. The van der Waals surface area contributed by atoms with Gasteiger partial charge >= 0.3 is 0 Å². The Morgan fingerprint density at radius 2 is 1.79 bits per heavy atom. The summed E-state index contributed by atoms with van der Waals surface area (Å²) in [4.78, 5) is 0. The van der Waals surface area contributed by atoms with E-state index in [4.69, 9.17) is 0 Å². The highest BCUT2D eigenvalue weighted by Crippen LogP contribution is 2.55. The molecule has 2 heteroatoms. The summed E-state index contributed by atoms with van der Waals surface area (Å²) in [6, 6.07) is 0. The van der Waals surface area contributed by atoms with Gasteiger partial charge in [-0.2, -0.15) is 0 Å². The average Bonchev–Trinajstić information content (AvgIpc) is 2.14. The van der Waals surface area contributed by atoms with Crippen molar-refractivity contribution in [2.45, 2.75) is 45.8 Å². The maximum absolute atomic E-state index is 10.2. The zero-order valence-corrected chi connectivity index (χ0v) is 9.20. The molecule has 1 saturated carbocycles. The zero-order chi connectivity index (χ0) is 10.6. The second-order valence-corrected chi connectivity index (χ2v) is 5.50. The van der Waals surface area contributed by atoms with E-state index in [1.165, 1.54) is 0 Å². The van der Waals surface area contributed by atoms with Gasteiger partial charge in [0, 0.05) is 10.8 Å². The molecule has 0 aromatic rings. The van der Waals surface area contributed by atoms with Crippen LogP contribution in [0.25, 0.3) is 0 Å². The number of aliphatic hydroxyl groups excluding tert-OH is 2. The van der Waals surface area contributed by atoms with Gasteiger partial charge in [0.1, 0.15) is 0 Å². The lowest BCUT2D eigenvalue weighted by Crippen LogP contribution is -2.58. The van der Waals surface area contributed by atoms with Crippen LogP contribution in [0.2, 0.25) is 0 Å². The Morgan fingerprint density at radius 3 is 2.21 bits per heavy atom. The Labute approximate surface area is 85.6 Å². The molecule has 4 atom stereocenters. The third-order valence-corrected chi connectivity index (χ3v) is 4.47. The summed E-state index contributed by atoms with van der Waals surface area (Å²) in [7, 11) is 0. The van der Waals surface area contributed by atoms with Gasteiger partial charge in [-0.3, -0.25) is 0 Å². The molecule has 0 aromatic carbocycles. The van der Waals surface area contributed by atoms with Crippen molar-refractivity contribution in [2.75, 3.05) is 0 Å². The molecular formula is C12H20O2. The molecule has 0 saturated heterocycles. The van der Waals surface area contributed by atoms with Crippen LogP contribution in [0.1, 0.15) is 33.6 Å². The van der Waals surface area contributed by atoms with Gasteiger partial charge in [-0.15, -0.1) is 0 Å². The minimum atomic E-state index is -0.594. The molecule has 0 aromatic heterocycles. The highest BCUT2D eigenvalue weighted by atomic mass is 16.3. The number of aliphatic hydroxyl groups is 2. The third kappa shape index (κ3) is 1.04. The normalized spacial score (nSPS) is 51.6. The number of hydrogen-bond donors (Lipinski definition) is 2. The zero-order valence-electron chi connectivity index (χ0n) is 9.20. The average molecular weight is 196 g/mol. The summed E-state index contributed by atoms with van der Waals surface area (Å²) >= 11 is 0. The van der Waals surface area contributed by atoms with Crippen LogP contribution in [-0.4, -0.2) is 22.4 Å². The Kier molecular flexibility index (Phi) is 2.06. The molecule has 2 nitrogen and oxygen atoms in total. The van der Waals surface area contributed by atoms with Crippen molar-refractivity contribution in [3.63, 3.8) is 0 Å². The van der Waals surface area contributed by atoms with Crippen molar-refractivity contribution < 1.29 is 10.2 Å². The highest BCUT2D eigenvalue weighted by molar-refractivity contribution is 5.23. The molecule has 3 aliphatic carbocycles. The van der Waals surface area contributed by atoms with Crippen molar-refractivity contribution in [2.24, 2.45) is 16.7 Å². The molecule has 14 heavy (non-hydrogen) atoms. The van der Waals surface area contributed by atoms with E-state index in [1.807, 2.05) is 6.92 Å². The lowest BCUT2D eigenvalue weighted by atomic mass is 9.52. The van der Waals surface area contributed by atoms with Crippen LogP contribution in [0.5, 0.6) is 0 Å². The molecule has 2 N–H and O–H groups in total. The molecule has 0 heterocycles. The van der Waals surface area contributed by atoms with E-state index in [0.29, 0.717) is 5.92 Å². The highest BCUT2D eigenvalue weighted by Gasteiger charge is 2.55. The second-order valence-electron chi connectivity index (χ2n) is 5.50. The van der Waals surface area contributed by atoms with E-state index in [0.717, 1.165) is 12.8 Å². The molecule has 0 aliphatic heterocycles. The lowest BCUT2D eigenvalue weighted by molar-refractivity contribution is -0.148. The summed E-state index contributed by atoms with van der Waals surface area (Å²) in [5.41, 5.74) is -0.382. The van der Waals surface area contributed by atoms with Gasteiger partial charge in [0.15, 0.2) is 0 Å².